The van der Waals surface area contributed by atoms with Gasteiger partial charge in [-0.05, 0) is 49.6 Å². The summed E-state index contributed by atoms with van der Waals surface area (Å²) in [6.07, 6.45) is 3.02. The van der Waals surface area contributed by atoms with Crippen molar-refractivity contribution >= 4 is 39.3 Å². The molecule has 0 saturated heterocycles. The molecule has 1 N–H and O–H groups in total. The first-order valence-corrected chi connectivity index (χ1v) is 7.13. The minimum atomic E-state index is -0.545. The summed E-state index contributed by atoms with van der Waals surface area (Å²) in [6.45, 7) is 0. The Morgan fingerprint density at radius 2 is 2.14 bits per heavy atom. The van der Waals surface area contributed by atoms with Gasteiger partial charge in [0.15, 0.2) is 6.20 Å². The summed E-state index contributed by atoms with van der Waals surface area (Å²) in [7, 11) is 3.94. The van der Waals surface area contributed by atoms with Crippen LogP contribution in [0.1, 0.15) is 5.56 Å². The lowest BCUT2D eigenvalue weighted by Gasteiger charge is -2.14. The van der Waals surface area contributed by atoms with Crippen LogP contribution in [0.5, 0.6) is 0 Å². The Morgan fingerprint density at radius 3 is 2.68 bits per heavy atom. The van der Waals surface area contributed by atoms with Crippen LogP contribution in [-0.2, 0) is 0 Å². The van der Waals surface area contributed by atoms with Crippen LogP contribution in [0.2, 0.25) is 0 Å². The molecule has 0 fully saturated rings. The van der Waals surface area contributed by atoms with Crippen LogP contribution in [0.15, 0.2) is 46.1 Å². The van der Waals surface area contributed by atoms with Gasteiger partial charge in [0.2, 0.25) is 0 Å². The maximum absolute atomic E-state index is 10.5. The summed E-state index contributed by atoms with van der Waals surface area (Å²) in [4.78, 5) is 15.7. The van der Waals surface area contributed by atoms with Gasteiger partial charge >= 0.3 is 5.82 Å². The molecule has 22 heavy (non-hydrogen) atoms. The Morgan fingerprint density at radius 1 is 1.36 bits per heavy atom. The molecule has 8 heteroatoms. The molecule has 1 aromatic heterocycles. The third-order valence-corrected chi connectivity index (χ3v) is 3.43. The summed E-state index contributed by atoms with van der Waals surface area (Å²) >= 11 is 3.51. The molecular weight excluding hydrogens is 350 g/mol. The number of benzene rings is 1. The maximum Gasteiger partial charge on any atom is 0.363 e. The van der Waals surface area contributed by atoms with Crippen molar-refractivity contribution in [1.82, 2.24) is 4.98 Å². The van der Waals surface area contributed by atoms with Crippen LogP contribution in [0, 0.1) is 10.1 Å². The number of rotatable bonds is 5. The van der Waals surface area contributed by atoms with E-state index >= 15 is 0 Å². The SMILES string of the molecule is CN(C)c1ccc(/C=N\Nc2ccc([N+](=O)[O-])nc2)cc1Br. The normalized spacial score (nSPS) is 10.7. The maximum atomic E-state index is 10.5. The molecule has 0 amide bonds. The highest BCUT2D eigenvalue weighted by molar-refractivity contribution is 9.10. The smallest absolute Gasteiger partial charge is 0.363 e. The zero-order chi connectivity index (χ0) is 16.1. The second kappa shape index (κ2) is 6.99. The third kappa shape index (κ3) is 4.01. The minimum absolute atomic E-state index is 0.197. The highest BCUT2D eigenvalue weighted by atomic mass is 79.9. The number of halogens is 1. The van der Waals surface area contributed by atoms with Gasteiger partial charge in [0.05, 0.1) is 11.9 Å². The summed E-state index contributed by atoms with van der Waals surface area (Å²) < 4.78 is 0.971. The fourth-order valence-corrected chi connectivity index (χ4v) is 2.46. The Labute approximate surface area is 135 Å². The van der Waals surface area contributed by atoms with Crippen molar-refractivity contribution < 1.29 is 4.92 Å². The highest BCUT2D eigenvalue weighted by Crippen LogP contribution is 2.25. The van der Waals surface area contributed by atoms with E-state index in [-0.39, 0.29) is 5.82 Å². The largest absolute Gasteiger partial charge is 0.377 e. The predicted octanol–water partition coefficient (Wildman–Crippen LogP) is 3.26. The first kappa shape index (κ1) is 15.9. The van der Waals surface area contributed by atoms with Crippen molar-refractivity contribution in [3.05, 3.63) is 56.7 Å². The zero-order valence-corrected chi connectivity index (χ0v) is 13.6. The average Bonchev–Trinajstić information content (AvgIpc) is 2.47. The second-order valence-corrected chi connectivity index (χ2v) is 5.49. The summed E-state index contributed by atoms with van der Waals surface area (Å²) in [5.41, 5.74) is 5.34. The molecule has 2 aromatic rings. The van der Waals surface area contributed by atoms with Crippen molar-refractivity contribution in [2.24, 2.45) is 5.10 Å². The molecule has 0 radical (unpaired) electrons. The van der Waals surface area contributed by atoms with E-state index in [2.05, 4.69) is 31.4 Å². The minimum Gasteiger partial charge on any atom is -0.377 e. The molecule has 0 bridgehead atoms. The molecule has 0 spiro atoms. The second-order valence-electron chi connectivity index (χ2n) is 4.64. The average molecular weight is 364 g/mol. The molecule has 7 nitrogen and oxygen atoms in total. The lowest BCUT2D eigenvalue weighted by molar-refractivity contribution is -0.389. The Balaban J connectivity index is 2.03. The number of hydrazone groups is 1. The molecule has 0 unspecified atom stereocenters. The fourth-order valence-electron chi connectivity index (χ4n) is 1.71. The van der Waals surface area contributed by atoms with E-state index in [0.717, 1.165) is 15.7 Å². The molecule has 1 heterocycles. The lowest BCUT2D eigenvalue weighted by atomic mass is 10.2. The van der Waals surface area contributed by atoms with Gasteiger partial charge in [0.25, 0.3) is 0 Å². The predicted molar refractivity (Wildman–Crippen MR) is 90.6 cm³/mol. The van der Waals surface area contributed by atoms with Crippen molar-refractivity contribution in [2.75, 3.05) is 24.4 Å². The number of nitrogens with one attached hydrogen (secondary N) is 1. The molecule has 0 aliphatic rings. The van der Waals surface area contributed by atoms with Crippen LogP contribution in [0.3, 0.4) is 0 Å². The van der Waals surface area contributed by atoms with Crippen LogP contribution in [0.25, 0.3) is 0 Å². The fraction of sp³-hybridized carbons (Fsp3) is 0.143. The van der Waals surface area contributed by atoms with E-state index < -0.39 is 4.92 Å². The Hall–Kier alpha value is -2.48. The van der Waals surface area contributed by atoms with Gasteiger partial charge in [-0.1, -0.05) is 6.07 Å². The van der Waals surface area contributed by atoms with E-state index in [9.17, 15) is 10.1 Å². The highest BCUT2D eigenvalue weighted by Gasteiger charge is 2.05. The number of hydrogen-bond donors (Lipinski definition) is 1. The number of aromatic nitrogens is 1. The van der Waals surface area contributed by atoms with Gasteiger partial charge in [-0.3, -0.25) is 5.43 Å². The Kier molecular flexibility index (Phi) is 5.05. The summed E-state index contributed by atoms with van der Waals surface area (Å²) in [5, 5.41) is 14.6. The summed E-state index contributed by atoms with van der Waals surface area (Å²) in [6, 6.07) is 8.75. The zero-order valence-electron chi connectivity index (χ0n) is 12.0. The number of nitrogens with zero attached hydrogens (tertiary/aromatic N) is 4. The molecule has 1 aromatic carbocycles. The molecule has 0 aliphatic carbocycles. The van der Waals surface area contributed by atoms with Crippen molar-refractivity contribution in [3.63, 3.8) is 0 Å². The number of nitro groups is 1. The van der Waals surface area contributed by atoms with E-state index in [4.69, 9.17) is 0 Å². The van der Waals surface area contributed by atoms with Crippen LogP contribution in [-0.4, -0.2) is 30.2 Å². The number of hydrogen-bond acceptors (Lipinski definition) is 6. The number of pyridine rings is 1. The first-order valence-electron chi connectivity index (χ1n) is 6.34. The van der Waals surface area contributed by atoms with Crippen molar-refractivity contribution in [2.45, 2.75) is 0 Å². The van der Waals surface area contributed by atoms with Gasteiger partial charge in [-0.15, -0.1) is 0 Å². The molecule has 0 atom stereocenters. The molecule has 0 saturated carbocycles. The van der Waals surface area contributed by atoms with Gasteiger partial charge in [0.1, 0.15) is 5.69 Å². The van der Waals surface area contributed by atoms with E-state index in [0.29, 0.717) is 5.69 Å². The standard InChI is InChI=1S/C14H14BrN5O2/c1-19(2)13-5-3-10(7-12(13)15)8-17-18-11-4-6-14(16-9-11)20(21)22/h3-9,18H,1-2H3/b17-8-. The molecule has 0 aliphatic heterocycles. The van der Waals surface area contributed by atoms with E-state index in [1.807, 2.05) is 37.2 Å². The summed E-state index contributed by atoms with van der Waals surface area (Å²) in [5.74, 6) is -0.197. The van der Waals surface area contributed by atoms with Crippen LogP contribution < -0.4 is 10.3 Å². The van der Waals surface area contributed by atoms with Gasteiger partial charge in [-0.25, -0.2) is 0 Å². The van der Waals surface area contributed by atoms with E-state index in [1.165, 1.54) is 12.3 Å². The Bertz CT molecular complexity index is 701. The van der Waals surface area contributed by atoms with E-state index in [1.54, 1.807) is 12.3 Å². The molecular formula is C14H14BrN5O2. The third-order valence-electron chi connectivity index (χ3n) is 2.80. The molecule has 114 valence electrons. The van der Waals surface area contributed by atoms with Gasteiger partial charge in [-0.2, -0.15) is 5.10 Å². The van der Waals surface area contributed by atoms with Crippen LogP contribution in [0.4, 0.5) is 17.2 Å². The number of anilines is 2. The van der Waals surface area contributed by atoms with Crippen molar-refractivity contribution in [1.29, 1.82) is 0 Å². The van der Waals surface area contributed by atoms with Gasteiger partial charge in [0, 0.05) is 24.6 Å². The monoisotopic (exact) mass is 363 g/mol. The topological polar surface area (TPSA) is 83.7 Å². The van der Waals surface area contributed by atoms with Crippen molar-refractivity contribution in [3.8, 4) is 0 Å². The molecule has 2 rings (SSSR count). The quantitative estimate of drug-likeness (QED) is 0.500. The van der Waals surface area contributed by atoms with Crippen LogP contribution >= 0.6 is 15.9 Å². The lowest BCUT2D eigenvalue weighted by Crippen LogP contribution is -2.09. The van der Waals surface area contributed by atoms with Gasteiger partial charge < -0.3 is 15.0 Å². The first-order chi connectivity index (χ1) is 10.5.